The average molecular weight is 863 g/mol. The minimum absolute atomic E-state index is 0.0461. The monoisotopic (exact) mass is 862 g/mol. The van der Waals surface area contributed by atoms with Gasteiger partial charge >= 0.3 is 0 Å². The first kappa shape index (κ1) is 37.5. The molecule has 4 aliphatic heterocycles. The van der Waals surface area contributed by atoms with E-state index in [4.69, 9.17) is 0 Å². The SMILES string of the molecule is c1ccc([Si]2(c3ccccc3)c3ccccc3N3c4cc(C5CCCCC5)cc5c4B(c4cccc2c43)c2cccc3c2N5c2ccccc2[Si]3(c2ccccc2)c2ccccc2)cc1. The van der Waals surface area contributed by atoms with E-state index in [9.17, 15) is 0 Å². The molecule has 0 amide bonds. The molecule has 1 saturated carbocycles. The second kappa shape index (κ2) is 14.3. The van der Waals surface area contributed by atoms with Gasteiger partial charge in [-0.2, -0.15) is 0 Å². The van der Waals surface area contributed by atoms with Gasteiger partial charge in [0, 0.05) is 34.1 Å². The standard InChI is InChI=1S/C60H47BN2Si2/c1-6-22-42(23-7-1)43-40-52-58-53(41-43)63-51-35-17-19-37-55(51)65(46-28-12-4-13-29-46,47-30-14-5-15-31-47)57-39-21-33-49(60(57)63)61(58)48-32-20-38-56-59(48)62(52)50-34-16-18-36-54(50)64(56,44-24-8-2-9-25-44)45-26-10-3-11-27-45/h2-5,8-21,24-42H,1,6-7,22-23H2. The van der Waals surface area contributed by atoms with Crippen molar-refractivity contribution < 1.29 is 0 Å². The van der Waals surface area contributed by atoms with Crippen LogP contribution >= 0.6 is 0 Å². The van der Waals surface area contributed by atoms with Crippen LogP contribution in [-0.4, -0.2) is 22.9 Å². The molecule has 0 saturated heterocycles. The van der Waals surface area contributed by atoms with E-state index in [1.54, 1.807) is 0 Å². The minimum Gasteiger partial charge on any atom is -0.312 e. The first-order chi connectivity index (χ1) is 32.3. The molecule has 1 fully saturated rings. The topological polar surface area (TPSA) is 6.48 Å². The van der Waals surface area contributed by atoms with Crippen LogP contribution in [0, 0.1) is 0 Å². The van der Waals surface area contributed by atoms with Crippen LogP contribution in [0.5, 0.6) is 0 Å². The van der Waals surface area contributed by atoms with Crippen LogP contribution < -0.4 is 67.7 Å². The highest BCUT2D eigenvalue weighted by molar-refractivity contribution is 7.23. The lowest BCUT2D eigenvalue weighted by atomic mass is 9.33. The number of rotatable bonds is 5. The van der Waals surface area contributed by atoms with Gasteiger partial charge in [-0.05, 0) is 106 Å². The minimum atomic E-state index is -2.85. The Labute approximate surface area is 384 Å². The molecule has 0 radical (unpaired) electrons. The summed E-state index contributed by atoms with van der Waals surface area (Å²) in [6.45, 7) is 0.0461. The first-order valence-electron chi connectivity index (χ1n) is 23.8. The normalized spacial score (nSPS) is 16.7. The largest absolute Gasteiger partial charge is 0.312 e. The maximum atomic E-state index is 2.75. The van der Waals surface area contributed by atoms with Gasteiger partial charge in [0.15, 0.2) is 16.1 Å². The van der Waals surface area contributed by atoms with Crippen molar-refractivity contribution in [3.05, 3.63) is 224 Å². The molecule has 0 bridgehead atoms. The summed E-state index contributed by atoms with van der Waals surface area (Å²) in [5.41, 5.74) is 13.9. The predicted octanol–water partition coefficient (Wildman–Crippen LogP) is 7.20. The van der Waals surface area contributed by atoms with Gasteiger partial charge < -0.3 is 9.80 Å². The molecule has 9 aromatic rings. The number of hydrogen-bond donors (Lipinski definition) is 0. The third-order valence-electron chi connectivity index (χ3n) is 15.9. The van der Waals surface area contributed by atoms with Crippen LogP contribution in [-0.2, 0) is 0 Å². The molecule has 65 heavy (non-hydrogen) atoms. The maximum Gasteiger partial charge on any atom is 0.252 e. The van der Waals surface area contributed by atoms with Crippen molar-refractivity contribution in [1.82, 2.24) is 0 Å². The van der Waals surface area contributed by atoms with Gasteiger partial charge in [-0.25, -0.2) is 0 Å². The Kier molecular flexibility index (Phi) is 8.23. The highest BCUT2D eigenvalue weighted by atomic mass is 28.3. The van der Waals surface area contributed by atoms with E-state index in [-0.39, 0.29) is 6.71 Å². The Morgan fingerprint density at radius 1 is 0.354 bits per heavy atom. The fourth-order valence-electron chi connectivity index (χ4n) is 13.5. The lowest BCUT2D eigenvalue weighted by molar-refractivity contribution is 0.444. The molecule has 1 aliphatic carbocycles. The van der Waals surface area contributed by atoms with Gasteiger partial charge in [0.05, 0.1) is 0 Å². The van der Waals surface area contributed by atoms with Crippen molar-refractivity contribution in [2.45, 2.75) is 38.0 Å². The number of fused-ring (bicyclic) bond motifs is 8. The molecular formula is C60H47BN2Si2. The van der Waals surface area contributed by atoms with Crippen LogP contribution in [0.25, 0.3) is 0 Å². The first-order valence-corrected chi connectivity index (χ1v) is 27.8. The van der Waals surface area contributed by atoms with Gasteiger partial charge in [-0.1, -0.05) is 213 Å². The molecule has 5 aliphatic rings. The Bertz CT molecular complexity index is 3040. The van der Waals surface area contributed by atoms with Crippen molar-refractivity contribution in [2.75, 3.05) is 9.80 Å². The summed E-state index contributed by atoms with van der Waals surface area (Å²) in [6.07, 6.45) is 6.41. The second-order valence-corrected chi connectivity index (χ2v) is 26.4. The van der Waals surface area contributed by atoms with Crippen LogP contribution in [0.1, 0.15) is 43.6 Å². The Balaban J connectivity index is 1.14. The van der Waals surface area contributed by atoms with Crippen LogP contribution in [0.15, 0.2) is 218 Å². The number of nitrogens with zero attached hydrogens (tertiary/aromatic N) is 2. The van der Waals surface area contributed by atoms with E-state index in [0.717, 1.165) is 0 Å². The highest BCUT2D eigenvalue weighted by Gasteiger charge is 2.56. The summed E-state index contributed by atoms with van der Waals surface area (Å²) < 4.78 is 0. The van der Waals surface area contributed by atoms with Gasteiger partial charge in [0.1, 0.15) is 0 Å². The van der Waals surface area contributed by atoms with Crippen LogP contribution in [0.2, 0.25) is 0 Å². The summed E-state index contributed by atoms with van der Waals surface area (Å²) in [7, 11) is -5.70. The lowest BCUT2D eigenvalue weighted by Gasteiger charge is -2.53. The zero-order valence-electron chi connectivity index (χ0n) is 36.4. The third kappa shape index (κ3) is 4.95. The molecule has 5 heteroatoms. The van der Waals surface area contributed by atoms with E-state index in [0.29, 0.717) is 5.92 Å². The molecule has 0 spiro atoms. The number of benzene rings is 9. The highest BCUT2D eigenvalue weighted by Crippen LogP contribution is 2.48. The van der Waals surface area contributed by atoms with E-state index in [1.165, 1.54) is 130 Å². The zero-order valence-corrected chi connectivity index (χ0v) is 38.4. The molecule has 0 aromatic heterocycles. The number of hydrogen-bond acceptors (Lipinski definition) is 2. The fraction of sp³-hybridized carbons (Fsp3) is 0.100. The van der Waals surface area contributed by atoms with Gasteiger partial charge in [0.2, 0.25) is 0 Å². The van der Waals surface area contributed by atoms with Crippen LogP contribution in [0.3, 0.4) is 0 Å². The summed E-state index contributed by atoms with van der Waals surface area (Å²) >= 11 is 0. The summed E-state index contributed by atoms with van der Waals surface area (Å²) in [5, 5.41) is 11.6. The third-order valence-corrected chi connectivity index (χ3v) is 25.6. The molecule has 14 rings (SSSR count). The van der Waals surface area contributed by atoms with Crippen molar-refractivity contribution in [2.24, 2.45) is 0 Å². The summed E-state index contributed by atoms with van der Waals surface area (Å²) in [5.74, 6) is 0.529. The number of anilines is 6. The van der Waals surface area contributed by atoms with E-state index < -0.39 is 16.1 Å². The number of para-hydroxylation sites is 4. The fourth-order valence-corrected chi connectivity index (χ4v) is 23.8. The van der Waals surface area contributed by atoms with E-state index in [1.807, 2.05) is 0 Å². The van der Waals surface area contributed by atoms with Crippen molar-refractivity contribution in [3.63, 3.8) is 0 Å². The quantitative estimate of drug-likeness (QED) is 0.169. The molecule has 0 N–H and O–H groups in total. The Morgan fingerprint density at radius 2 is 0.723 bits per heavy atom. The molecule has 2 nitrogen and oxygen atoms in total. The molecule has 308 valence electrons. The molecule has 0 unspecified atom stereocenters. The van der Waals surface area contributed by atoms with E-state index >= 15 is 0 Å². The second-order valence-electron chi connectivity index (χ2n) is 18.9. The van der Waals surface area contributed by atoms with Gasteiger partial charge in [0.25, 0.3) is 6.71 Å². The molecular weight excluding hydrogens is 816 g/mol. The molecule has 0 atom stereocenters. The van der Waals surface area contributed by atoms with Gasteiger partial charge in [-0.3, -0.25) is 0 Å². The smallest absolute Gasteiger partial charge is 0.252 e. The van der Waals surface area contributed by atoms with E-state index in [2.05, 4.69) is 228 Å². The van der Waals surface area contributed by atoms with Crippen molar-refractivity contribution >= 4 is 115 Å². The van der Waals surface area contributed by atoms with Gasteiger partial charge in [-0.15, -0.1) is 0 Å². The maximum absolute atomic E-state index is 2.85. The van der Waals surface area contributed by atoms with Crippen LogP contribution in [0.4, 0.5) is 34.1 Å². The molecule has 4 heterocycles. The summed E-state index contributed by atoms with van der Waals surface area (Å²) in [4.78, 5) is 5.49. The lowest BCUT2D eigenvalue weighted by Crippen LogP contribution is -2.80. The van der Waals surface area contributed by atoms with Crippen molar-refractivity contribution in [3.8, 4) is 0 Å². The molecule has 9 aromatic carbocycles. The Hall–Kier alpha value is -6.92. The Morgan fingerprint density at radius 3 is 1.14 bits per heavy atom. The average Bonchev–Trinajstić information content (AvgIpc) is 3.39. The zero-order chi connectivity index (χ0) is 42.7. The summed E-state index contributed by atoms with van der Waals surface area (Å²) in [6, 6.07) is 85.3. The van der Waals surface area contributed by atoms with Crippen molar-refractivity contribution in [1.29, 1.82) is 0 Å². The predicted molar refractivity (Wildman–Crippen MR) is 281 cm³/mol.